The number of hydrogen-bond donors (Lipinski definition) is 3. The number of halogens is 1. The van der Waals surface area contributed by atoms with Gasteiger partial charge in [0.1, 0.15) is 5.75 Å². The standard InChI is InChI=1S/C21H27BrN4O2/c22-17-13-16(14-23-15-17)21(28)24-9-3-4-10-26-11-7-18(8-12-26)25-19-5-1-2-6-20(19)27/h1-2,5-6,13-15,18,25,27H,3-4,7-12H2,(H,24,28). The van der Waals surface area contributed by atoms with Crippen LogP contribution in [0.2, 0.25) is 0 Å². The first-order valence-electron chi connectivity index (χ1n) is 9.77. The monoisotopic (exact) mass is 446 g/mol. The smallest absolute Gasteiger partial charge is 0.252 e. The van der Waals surface area contributed by atoms with Crippen molar-refractivity contribution >= 4 is 27.5 Å². The van der Waals surface area contributed by atoms with E-state index in [4.69, 9.17) is 0 Å². The summed E-state index contributed by atoms with van der Waals surface area (Å²) in [6, 6.07) is 9.58. The van der Waals surface area contributed by atoms with Crippen LogP contribution in [-0.4, -0.2) is 53.1 Å². The molecule has 1 aliphatic heterocycles. The van der Waals surface area contributed by atoms with Crippen molar-refractivity contribution in [3.05, 3.63) is 52.8 Å². The van der Waals surface area contributed by atoms with Gasteiger partial charge >= 0.3 is 0 Å². The largest absolute Gasteiger partial charge is 0.506 e. The zero-order chi connectivity index (χ0) is 19.8. The van der Waals surface area contributed by atoms with Crippen molar-refractivity contribution in [3.8, 4) is 5.75 Å². The predicted octanol–water partition coefficient (Wildman–Crippen LogP) is 3.64. The molecule has 150 valence electrons. The van der Waals surface area contributed by atoms with Crippen LogP contribution in [0, 0.1) is 0 Å². The van der Waals surface area contributed by atoms with Gasteiger partial charge in [0.2, 0.25) is 0 Å². The molecule has 1 aromatic heterocycles. The molecule has 2 heterocycles. The second-order valence-corrected chi connectivity index (χ2v) is 8.05. The van der Waals surface area contributed by atoms with Crippen LogP contribution in [0.15, 0.2) is 47.2 Å². The van der Waals surface area contributed by atoms with Gasteiger partial charge in [-0.25, -0.2) is 0 Å². The number of likely N-dealkylation sites (tertiary alicyclic amines) is 1. The topological polar surface area (TPSA) is 77.5 Å². The number of nitrogens with zero attached hydrogens (tertiary/aromatic N) is 2. The second kappa shape index (κ2) is 10.4. The van der Waals surface area contributed by atoms with E-state index in [1.165, 1.54) is 0 Å². The Hall–Kier alpha value is -2.12. The Bertz CT molecular complexity index is 779. The minimum absolute atomic E-state index is 0.0788. The Balaban J connectivity index is 1.28. The molecule has 0 spiro atoms. The Morgan fingerprint density at radius 3 is 2.75 bits per heavy atom. The number of anilines is 1. The van der Waals surface area contributed by atoms with Crippen molar-refractivity contribution in [2.45, 2.75) is 31.7 Å². The number of phenolic OH excluding ortho intramolecular Hbond substituents is 1. The number of pyridine rings is 1. The second-order valence-electron chi connectivity index (χ2n) is 7.13. The minimum Gasteiger partial charge on any atom is -0.506 e. The molecule has 0 atom stereocenters. The van der Waals surface area contributed by atoms with E-state index in [0.29, 0.717) is 23.9 Å². The molecular weight excluding hydrogens is 420 g/mol. The van der Waals surface area contributed by atoms with E-state index in [0.717, 1.165) is 55.5 Å². The van der Waals surface area contributed by atoms with Crippen LogP contribution < -0.4 is 10.6 Å². The average Bonchev–Trinajstić information content (AvgIpc) is 2.70. The molecule has 28 heavy (non-hydrogen) atoms. The van der Waals surface area contributed by atoms with E-state index >= 15 is 0 Å². The third-order valence-electron chi connectivity index (χ3n) is 5.00. The summed E-state index contributed by atoms with van der Waals surface area (Å²) in [4.78, 5) is 18.6. The first-order valence-corrected chi connectivity index (χ1v) is 10.6. The maximum Gasteiger partial charge on any atom is 0.252 e. The highest BCUT2D eigenvalue weighted by atomic mass is 79.9. The summed E-state index contributed by atoms with van der Waals surface area (Å²) in [6.07, 6.45) is 7.41. The van der Waals surface area contributed by atoms with Crippen molar-refractivity contribution in [2.75, 3.05) is 31.5 Å². The number of nitrogens with one attached hydrogen (secondary N) is 2. The van der Waals surface area contributed by atoms with Crippen molar-refractivity contribution in [2.24, 2.45) is 0 Å². The van der Waals surface area contributed by atoms with Crippen LogP contribution in [0.5, 0.6) is 5.75 Å². The molecule has 1 saturated heterocycles. The molecule has 7 heteroatoms. The molecule has 0 radical (unpaired) electrons. The lowest BCUT2D eigenvalue weighted by Gasteiger charge is -2.33. The van der Waals surface area contributed by atoms with Crippen molar-refractivity contribution in [1.29, 1.82) is 0 Å². The Labute approximate surface area is 174 Å². The lowest BCUT2D eigenvalue weighted by atomic mass is 10.0. The summed E-state index contributed by atoms with van der Waals surface area (Å²) < 4.78 is 0.806. The van der Waals surface area contributed by atoms with Crippen LogP contribution in [-0.2, 0) is 0 Å². The third-order valence-corrected chi connectivity index (χ3v) is 5.44. The van der Waals surface area contributed by atoms with Gasteiger partial charge in [-0.05, 0) is 66.4 Å². The number of benzene rings is 1. The highest BCUT2D eigenvalue weighted by Gasteiger charge is 2.19. The van der Waals surface area contributed by atoms with Gasteiger partial charge in [-0.15, -0.1) is 0 Å². The number of amides is 1. The summed E-state index contributed by atoms with van der Waals surface area (Å²) in [7, 11) is 0. The van der Waals surface area contributed by atoms with Gasteiger partial charge in [-0.3, -0.25) is 9.78 Å². The first-order chi connectivity index (χ1) is 13.6. The number of piperidine rings is 1. The summed E-state index contributed by atoms with van der Waals surface area (Å²) in [5.74, 6) is 0.232. The first kappa shape index (κ1) is 20.6. The summed E-state index contributed by atoms with van der Waals surface area (Å²) in [6.45, 7) is 3.84. The predicted molar refractivity (Wildman–Crippen MR) is 115 cm³/mol. The van der Waals surface area contributed by atoms with Crippen molar-refractivity contribution in [3.63, 3.8) is 0 Å². The number of carbonyl (C=O) groups is 1. The van der Waals surface area contributed by atoms with Gasteiger partial charge in [0.15, 0.2) is 0 Å². The van der Waals surface area contributed by atoms with Gasteiger partial charge < -0.3 is 20.6 Å². The highest BCUT2D eigenvalue weighted by molar-refractivity contribution is 9.10. The van der Waals surface area contributed by atoms with E-state index in [9.17, 15) is 9.90 Å². The van der Waals surface area contributed by atoms with E-state index in [1.54, 1.807) is 24.5 Å². The fourth-order valence-corrected chi connectivity index (χ4v) is 3.78. The lowest BCUT2D eigenvalue weighted by molar-refractivity contribution is 0.0952. The van der Waals surface area contributed by atoms with E-state index in [2.05, 4.69) is 36.4 Å². The Kier molecular flexibility index (Phi) is 7.68. The summed E-state index contributed by atoms with van der Waals surface area (Å²) in [5, 5.41) is 16.3. The highest BCUT2D eigenvalue weighted by Crippen LogP contribution is 2.25. The molecular formula is C21H27BrN4O2. The molecule has 0 bridgehead atoms. The number of rotatable bonds is 8. The number of aromatic hydroxyl groups is 1. The maximum atomic E-state index is 12.1. The van der Waals surface area contributed by atoms with Crippen LogP contribution in [0.1, 0.15) is 36.0 Å². The molecule has 1 amide bonds. The molecule has 1 fully saturated rings. The molecule has 3 rings (SSSR count). The van der Waals surface area contributed by atoms with E-state index < -0.39 is 0 Å². The number of phenols is 1. The Morgan fingerprint density at radius 1 is 1.21 bits per heavy atom. The average molecular weight is 447 g/mol. The molecule has 0 saturated carbocycles. The van der Waals surface area contributed by atoms with Crippen LogP contribution in [0.4, 0.5) is 5.69 Å². The minimum atomic E-state index is -0.0788. The fourth-order valence-electron chi connectivity index (χ4n) is 3.42. The number of hydrogen-bond acceptors (Lipinski definition) is 5. The molecule has 0 unspecified atom stereocenters. The Morgan fingerprint density at radius 2 is 2.00 bits per heavy atom. The van der Waals surface area contributed by atoms with Crippen LogP contribution >= 0.6 is 15.9 Å². The zero-order valence-electron chi connectivity index (χ0n) is 15.9. The molecule has 0 aliphatic carbocycles. The van der Waals surface area contributed by atoms with Gasteiger partial charge in [0.05, 0.1) is 11.3 Å². The molecule has 6 nitrogen and oxygen atoms in total. The van der Waals surface area contributed by atoms with Gasteiger partial charge in [-0.2, -0.15) is 0 Å². The van der Waals surface area contributed by atoms with Gasteiger partial charge in [0.25, 0.3) is 5.91 Å². The number of carbonyl (C=O) groups excluding carboxylic acids is 1. The summed E-state index contributed by atoms with van der Waals surface area (Å²) in [5.41, 5.74) is 1.39. The zero-order valence-corrected chi connectivity index (χ0v) is 17.5. The molecule has 3 N–H and O–H groups in total. The number of unbranched alkanes of at least 4 members (excludes halogenated alkanes) is 1. The van der Waals surface area contributed by atoms with E-state index in [-0.39, 0.29) is 5.91 Å². The van der Waals surface area contributed by atoms with Crippen LogP contribution in [0.25, 0.3) is 0 Å². The van der Waals surface area contributed by atoms with Crippen molar-refractivity contribution < 1.29 is 9.90 Å². The fraction of sp³-hybridized carbons (Fsp3) is 0.429. The van der Waals surface area contributed by atoms with Crippen molar-refractivity contribution in [1.82, 2.24) is 15.2 Å². The molecule has 2 aromatic rings. The molecule has 1 aliphatic rings. The summed E-state index contributed by atoms with van der Waals surface area (Å²) >= 11 is 3.33. The quantitative estimate of drug-likeness (QED) is 0.426. The number of aromatic nitrogens is 1. The maximum absolute atomic E-state index is 12.1. The molecule has 1 aromatic carbocycles. The number of para-hydroxylation sites is 2. The van der Waals surface area contributed by atoms with Crippen LogP contribution in [0.3, 0.4) is 0 Å². The van der Waals surface area contributed by atoms with Gasteiger partial charge in [0, 0.05) is 42.5 Å². The lowest BCUT2D eigenvalue weighted by Crippen LogP contribution is -2.39. The van der Waals surface area contributed by atoms with Gasteiger partial charge in [-0.1, -0.05) is 12.1 Å². The third kappa shape index (κ3) is 6.21. The van der Waals surface area contributed by atoms with E-state index in [1.807, 2.05) is 18.2 Å². The SMILES string of the molecule is O=C(NCCCCN1CCC(Nc2ccccc2O)CC1)c1cncc(Br)c1. The normalized spacial score (nSPS) is 15.3.